The van der Waals surface area contributed by atoms with Crippen LogP contribution in [0.3, 0.4) is 0 Å². The van der Waals surface area contributed by atoms with Crippen molar-refractivity contribution in [2.45, 2.75) is 59.1 Å². The monoisotopic (exact) mass is 592 g/mol. The number of fused-ring (bicyclic) bond motifs is 1. The first-order valence-electron chi connectivity index (χ1n) is 12.5. The van der Waals surface area contributed by atoms with Crippen LogP contribution in [0.5, 0.6) is 0 Å². The number of carbonyl (C=O) groups excluding carboxylic acids is 1. The van der Waals surface area contributed by atoms with Gasteiger partial charge in [0.05, 0.1) is 12.3 Å². The molecule has 0 unspecified atom stereocenters. The maximum absolute atomic E-state index is 12.9. The molecule has 0 aromatic heterocycles. The maximum atomic E-state index is 12.9. The van der Waals surface area contributed by atoms with Crippen molar-refractivity contribution in [3.63, 3.8) is 0 Å². The van der Waals surface area contributed by atoms with Crippen molar-refractivity contribution < 1.29 is 31.1 Å². The van der Waals surface area contributed by atoms with Gasteiger partial charge in [-0.15, -0.1) is 10.2 Å². The number of ether oxygens (including phenoxy) is 1. The first kappa shape index (κ1) is 32.4. The number of carbonyl (C=O) groups is 1. The molecular formula is C24H35F3N6O4S2. The fourth-order valence-electron chi connectivity index (χ4n) is 3.73. The number of rotatable bonds is 12. The first-order valence-corrected chi connectivity index (χ1v) is 14.9. The van der Waals surface area contributed by atoms with Gasteiger partial charge in [0.25, 0.3) is 0 Å². The summed E-state index contributed by atoms with van der Waals surface area (Å²) in [6, 6.07) is 3.09. The molecule has 1 aromatic rings. The van der Waals surface area contributed by atoms with Gasteiger partial charge in [-0.25, -0.2) is 13.2 Å². The molecule has 2 rings (SSSR count). The predicted molar refractivity (Wildman–Crippen MR) is 149 cm³/mol. The van der Waals surface area contributed by atoms with E-state index in [9.17, 15) is 26.4 Å². The van der Waals surface area contributed by atoms with Crippen LogP contribution in [0.2, 0.25) is 0 Å². The lowest BCUT2D eigenvalue weighted by Crippen LogP contribution is -2.31. The Bertz CT molecular complexity index is 1190. The molecule has 1 heterocycles. The van der Waals surface area contributed by atoms with Crippen LogP contribution >= 0.6 is 11.8 Å². The Morgan fingerprint density at radius 1 is 1.31 bits per heavy atom. The van der Waals surface area contributed by atoms with E-state index >= 15 is 0 Å². The molecule has 3 N–H and O–H groups in total. The van der Waals surface area contributed by atoms with Gasteiger partial charge in [-0.05, 0) is 54.6 Å². The number of halogens is 3. The van der Waals surface area contributed by atoms with Crippen molar-refractivity contribution >= 4 is 49.9 Å². The van der Waals surface area contributed by atoms with Crippen LogP contribution in [-0.4, -0.2) is 51.1 Å². The van der Waals surface area contributed by atoms with Gasteiger partial charge in [0.1, 0.15) is 10.7 Å². The van der Waals surface area contributed by atoms with Crippen LogP contribution in [0.25, 0.3) is 0 Å². The number of unbranched alkanes of at least 4 members (excludes halogenated alkanes) is 2. The molecule has 218 valence electrons. The molecule has 0 spiro atoms. The molecule has 0 bridgehead atoms. The molecule has 0 fully saturated rings. The standard InChI is InChI=1S/C24H35F3N6O4S2/c1-5-6-7-10-33-11-8-9-18-12-19(20(13-21(18)33)32-39(35,36)15-24(25,26)27)31-30-17(4)38-22(29-28)23(34)37-14-16(2)3/h12-13,16,32H,4-11,14-15,28H2,1-3H3/b29-22-,31-30-. The lowest BCUT2D eigenvalue weighted by molar-refractivity contribution is -0.136. The lowest BCUT2D eigenvalue weighted by atomic mass is 9.99. The molecule has 39 heavy (non-hydrogen) atoms. The maximum Gasteiger partial charge on any atom is 0.404 e. The van der Waals surface area contributed by atoms with Crippen LogP contribution in [0.1, 0.15) is 52.0 Å². The quantitative estimate of drug-likeness (QED) is 0.0604. The Balaban J connectivity index is 2.36. The molecule has 0 atom stereocenters. The smallest absolute Gasteiger partial charge is 0.404 e. The minimum atomic E-state index is -4.93. The summed E-state index contributed by atoms with van der Waals surface area (Å²) >= 11 is 0.691. The molecule has 1 aliphatic rings. The summed E-state index contributed by atoms with van der Waals surface area (Å²) in [5, 5.41) is 11.1. The van der Waals surface area contributed by atoms with Crippen LogP contribution in [0.15, 0.2) is 39.1 Å². The van der Waals surface area contributed by atoms with Crippen molar-refractivity contribution in [3.05, 3.63) is 29.3 Å². The molecule has 10 nitrogen and oxygen atoms in total. The van der Waals surface area contributed by atoms with Gasteiger partial charge in [-0.2, -0.15) is 18.3 Å². The number of anilines is 2. The van der Waals surface area contributed by atoms with E-state index in [1.807, 2.05) is 18.6 Å². The number of nitrogens with two attached hydrogens (primary N) is 1. The molecular weight excluding hydrogens is 557 g/mol. The zero-order valence-corrected chi connectivity index (χ0v) is 23.9. The van der Waals surface area contributed by atoms with Crippen molar-refractivity contribution in [1.29, 1.82) is 0 Å². The minimum absolute atomic E-state index is 0.00489. The van der Waals surface area contributed by atoms with Crippen molar-refractivity contribution in [2.24, 2.45) is 27.1 Å². The topological polar surface area (TPSA) is 139 Å². The SMILES string of the molecule is C=C(/N=N\c1cc2c(cc1NS(=O)(=O)CC(F)(F)F)N(CCCCC)CCC2)S/C(=N\N)C(=O)OCC(C)C. The molecule has 1 aliphatic heterocycles. The molecule has 0 amide bonds. The zero-order valence-electron chi connectivity index (χ0n) is 22.3. The summed E-state index contributed by atoms with van der Waals surface area (Å²) in [5.74, 6) is 2.56. The molecule has 15 heteroatoms. The number of sulfonamides is 1. The number of aryl methyl sites for hydroxylation is 1. The van der Waals surface area contributed by atoms with Gasteiger partial charge in [-0.1, -0.05) is 40.2 Å². The third-order valence-corrected chi connectivity index (χ3v) is 7.41. The third kappa shape index (κ3) is 11.1. The number of nitrogens with zero attached hydrogens (tertiary/aromatic N) is 4. The van der Waals surface area contributed by atoms with Crippen LogP contribution < -0.4 is 15.5 Å². The average Bonchev–Trinajstić information content (AvgIpc) is 2.83. The van der Waals surface area contributed by atoms with E-state index in [-0.39, 0.29) is 34.0 Å². The van der Waals surface area contributed by atoms with E-state index in [0.717, 1.165) is 50.0 Å². The second kappa shape index (κ2) is 14.5. The zero-order chi connectivity index (χ0) is 29.2. The molecule has 1 aromatic carbocycles. The molecule has 0 aliphatic carbocycles. The number of esters is 1. The fraction of sp³-hybridized carbons (Fsp3) is 0.583. The number of azo groups is 1. The fourth-order valence-corrected chi connectivity index (χ4v) is 5.23. The largest absolute Gasteiger partial charge is 0.460 e. The number of hydrogen-bond acceptors (Lipinski definition) is 10. The highest BCUT2D eigenvalue weighted by Crippen LogP contribution is 2.38. The van der Waals surface area contributed by atoms with Gasteiger partial charge in [0.2, 0.25) is 15.1 Å². The van der Waals surface area contributed by atoms with Gasteiger partial charge in [0.15, 0.2) is 5.75 Å². The van der Waals surface area contributed by atoms with Gasteiger partial charge < -0.3 is 15.5 Å². The van der Waals surface area contributed by atoms with E-state index in [0.29, 0.717) is 18.2 Å². The summed E-state index contributed by atoms with van der Waals surface area (Å²) in [6.07, 6.45) is -0.432. The predicted octanol–water partition coefficient (Wildman–Crippen LogP) is 5.69. The van der Waals surface area contributed by atoms with Gasteiger partial charge in [0, 0.05) is 18.8 Å². The normalized spacial score (nSPS) is 14.5. The number of alkyl halides is 3. The summed E-state index contributed by atoms with van der Waals surface area (Å²) in [5.41, 5.74) is 1.46. The highest BCUT2D eigenvalue weighted by atomic mass is 32.2. The Kier molecular flexibility index (Phi) is 12.1. The number of hydrazone groups is 1. The molecule has 0 saturated heterocycles. The Labute approximate surface area is 231 Å². The Morgan fingerprint density at radius 3 is 2.64 bits per heavy atom. The highest BCUT2D eigenvalue weighted by Gasteiger charge is 2.35. The molecule has 0 saturated carbocycles. The second-order valence-electron chi connectivity index (χ2n) is 9.39. The van der Waals surface area contributed by atoms with Crippen molar-refractivity contribution in [2.75, 3.05) is 35.1 Å². The number of hydrogen-bond donors (Lipinski definition) is 2. The van der Waals surface area contributed by atoms with E-state index in [2.05, 4.69) is 33.7 Å². The second-order valence-corrected chi connectivity index (χ2v) is 12.2. The number of nitrogens with one attached hydrogen (secondary N) is 1. The van der Waals surface area contributed by atoms with E-state index < -0.39 is 27.9 Å². The Morgan fingerprint density at radius 2 is 2.03 bits per heavy atom. The van der Waals surface area contributed by atoms with Crippen molar-refractivity contribution in [3.8, 4) is 0 Å². The summed E-state index contributed by atoms with van der Waals surface area (Å²) in [6.45, 7) is 11.1. The van der Waals surface area contributed by atoms with E-state index in [1.165, 1.54) is 6.07 Å². The first-order chi connectivity index (χ1) is 18.2. The van der Waals surface area contributed by atoms with Gasteiger partial charge in [-0.3, -0.25) is 4.72 Å². The van der Waals surface area contributed by atoms with Crippen molar-refractivity contribution in [1.82, 2.24) is 0 Å². The highest BCUT2D eigenvalue weighted by molar-refractivity contribution is 8.18. The van der Waals surface area contributed by atoms with Gasteiger partial charge >= 0.3 is 12.1 Å². The molecule has 0 radical (unpaired) electrons. The number of thioether (sulfide) groups is 1. The lowest BCUT2D eigenvalue weighted by Gasteiger charge is -2.32. The van der Waals surface area contributed by atoms with Crippen LogP contribution in [0, 0.1) is 5.92 Å². The average molecular weight is 593 g/mol. The van der Waals surface area contributed by atoms with Crippen LogP contribution in [-0.2, 0) is 26.0 Å². The Hall–Kier alpha value is -2.81. The summed E-state index contributed by atoms with van der Waals surface area (Å²) in [7, 11) is -4.79. The van der Waals surface area contributed by atoms with E-state index in [1.54, 1.807) is 6.07 Å². The number of benzene rings is 1. The van der Waals surface area contributed by atoms with E-state index in [4.69, 9.17) is 10.6 Å². The summed E-state index contributed by atoms with van der Waals surface area (Å²) < 4.78 is 70.4. The minimum Gasteiger partial charge on any atom is -0.460 e. The summed E-state index contributed by atoms with van der Waals surface area (Å²) in [4.78, 5) is 14.3. The van der Waals surface area contributed by atoms with Crippen LogP contribution in [0.4, 0.5) is 30.2 Å². The third-order valence-electron chi connectivity index (χ3n) is 5.39.